The molecule has 0 unspecified atom stereocenters. The monoisotopic (exact) mass is 357 g/mol. The Balaban J connectivity index is 1.35. The Kier molecular flexibility index (Phi) is 4.56. The lowest BCUT2D eigenvalue weighted by Crippen LogP contribution is -2.40. The average Bonchev–Trinajstić information content (AvgIpc) is 3.08. The standard InChI is InChI=1S/C19H27N5O2/c1-4-18-20-12(3)16(21-18)10-24-8-11(2)15(9-24)22-19(25)14-7-17(26-23-14)13-5-6-13/h7,11,13,15H,4-6,8-10H2,1-3H3,(H,20,21)(H,22,25)/t11-,15-/m0/s1. The van der Waals surface area contributed by atoms with Crippen molar-refractivity contribution in [3.05, 3.63) is 34.7 Å². The molecular weight excluding hydrogens is 330 g/mol. The molecule has 0 bridgehead atoms. The number of H-pyrrole nitrogens is 1. The van der Waals surface area contributed by atoms with E-state index >= 15 is 0 Å². The Morgan fingerprint density at radius 1 is 1.42 bits per heavy atom. The SMILES string of the molecule is CCc1nc(C)c(CN2C[C@H](NC(=O)c3cc(C4CC4)on3)[C@@H](C)C2)[nH]1. The van der Waals surface area contributed by atoms with Crippen LogP contribution in [-0.4, -0.2) is 45.1 Å². The van der Waals surface area contributed by atoms with Crippen molar-refractivity contribution in [2.45, 2.75) is 58.5 Å². The molecule has 0 radical (unpaired) electrons. The highest BCUT2D eigenvalue weighted by molar-refractivity contribution is 5.92. The third-order valence-corrected chi connectivity index (χ3v) is 5.50. The first-order valence-corrected chi connectivity index (χ1v) is 9.57. The summed E-state index contributed by atoms with van der Waals surface area (Å²) in [5.41, 5.74) is 2.64. The predicted molar refractivity (Wildman–Crippen MR) is 96.9 cm³/mol. The van der Waals surface area contributed by atoms with E-state index in [1.54, 1.807) is 6.07 Å². The van der Waals surface area contributed by atoms with Crippen molar-refractivity contribution in [2.75, 3.05) is 13.1 Å². The minimum Gasteiger partial charge on any atom is -0.360 e. The number of carbonyl (C=O) groups excluding carboxylic acids is 1. The minimum absolute atomic E-state index is 0.123. The van der Waals surface area contributed by atoms with Crippen LogP contribution in [-0.2, 0) is 13.0 Å². The normalized spacial score (nSPS) is 23.5. The van der Waals surface area contributed by atoms with Crippen LogP contribution in [0.25, 0.3) is 0 Å². The summed E-state index contributed by atoms with van der Waals surface area (Å²) < 4.78 is 5.29. The Hall–Kier alpha value is -2.15. The maximum Gasteiger partial charge on any atom is 0.273 e. The van der Waals surface area contributed by atoms with Crippen LogP contribution in [0.1, 0.15) is 66.1 Å². The maximum atomic E-state index is 12.5. The molecule has 1 aliphatic heterocycles. The van der Waals surface area contributed by atoms with Crippen LogP contribution >= 0.6 is 0 Å². The van der Waals surface area contributed by atoms with Crippen LogP contribution in [0.3, 0.4) is 0 Å². The summed E-state index contributed by atoms with van der Waals surface area (Å²) in [6, 6.07) is 1.92. The molecule has 7 heteroatoms. The highest BCUT2D eigenvalue weighted by atomic mass is 16.5. The summed E-state index contributed by atoms with van der Waals surface area (Å²) in [5, 5.41) is 7.08. The molecule has 26 heavy (non-hydrogen) atoms. The summed E-state index contributed by atoms with van der Waals surface area (Å²) in [6.45, 7) is 8.96. The zero-order chi connectivity index (χ0) is 18.3. The lowest BCUT2D eigenvalue weighted by Gasteiger charge is -2.16. The van der Waals surface area contributed by atoms with Gasteiger partial charge in [0.2, 0.25) is 0 Å². The molecule has 0 aromatic carbocycles. The highest BCUT2D eigenvalue weighted by Crippen LogP contribution is 2.40. The summed E-state index contributed by atoms with van der Waals surface area (Å²) in [6.07, 6.45) is 3.19. The highest BCUT2D eigenvalue weighted by Gasteiger charge is 2.33. The number of amides is 1. The zero-order valence-corrected chi connectivity index (χ0v) is 15.7. The lowest BCUT2D eigenvalue weighted by atomic mass is 10.1. The maximum absolute atomic E-state index is 12.5. The number of nitrogens with zero attached hydrogens (tertiary/aromatic N) is 3. The van der Waals surface area contributed by atoms with Crippen LogP contribution in [0.15, 0.2) is 10.6 Å². The molecule has 2 N–H and O–H groups in total. The predicted octanol–water partition coefficient (Wildman–Crippen LogP) is 2.40. The molecule has 4 rings (SSSR count). The van der Waals surface area contributed by atoms with Crippen LogP contribution in [0, 0.1) is 12.8 Å². The molecule has 3 heterocycles. The number of aromatic amines is 1. The molecule has 1 saturated carbocycles. The van der Waals surface area contributed by atoms with E-state index in [0.717, 1.165) is 56.2 Å². The van der Waals surface area contributed by atoms with Gasteiger partial charge in [-0.2, -0.15) is 0 Å². The number of likely N-dealkylation sites (tertiary alicyclic amines) is 1. The first kappa shape index (κ1) is 17.3. The molecule has 1 amide bonds. The van der Waals surface area contributed by atoms with Gasteiger partial charge in [-0.05, 0) is 25.7 Å². The first-order chi connectivity index (χ1) is 12.5. The molecule has 7 nitrogen and oxygen atoms in total. The Bertz CT molecular complexity index is 792. The van der Waals surface area contributed by atoms with Crippen molar-refractivity contribution in [1.29, 1.82) is 0 Å². The Morgan fingerprint density at radius 2 is 2.23 bits per heavy atom. The molecular formula is C19H27N5O2. The molecule has 2 aromatic heterocycles. The van der Waals surface area contributed by atoms with Gasteiger partial charge in [0.1, 0.15) is 11.6 Å². The number of aromatic nitrogens is 3. The number of hydrogen-bond acceptors (Lipinski definition) is 5. The van der Waals surface area contributed by atoms with Gasteiger partial charge < -0.3 is 14.8 Å². The van der Waals surface area contributed by atoms with Crippen LogP contribution in [0.4, 0.5) is 0 Å². The number of rotatable bonds is 6. The van der Waals surface area contributed by atoms with Crippen molar-refractivity contribution in [3.63, 3.8) is 0 Å². The third-order valence-electron chi connectivity index (χ3n) is 5.50. The van der Waals surface area contributed by atoms with E-state index in [9.17, 15) is 4.79 Å². The van der Waals surface area contributed by atoms with Gasteiger partial charge in [-0.1, -0.05) is 19.0 Å². The first-order valence-electron chi connectivity index (χ1n) is 9.57. The van der Waals surface area contributed by atoms with E-state index in [1.807, 2.05) is 6.92 Å². The van der Waals surface area contributed by atoms with Crippen molar-refractivity contribution < 1.29 is 9.32 Å². The van der Waals surface area contributed by atoms with Gasteiger partial charge in [-0.25, -0.2) is 4.98 Å². The largest absolute Gasteiger partial charge is 0.360 e. The van der Waals surface area contributed by atoms with Crippen molar-refractivity contribution in [1.82, 2.24) is 25.3 Å². The second-order valence-corrected chi connectivity index (χ2v) is 7.74. The fraction of sp³-hybridized carbons (Fsp3) is 0.632. The van der Waals surface area contributed by atoms with Crippen molar-refractivity contribution in [2.24, 2.45) is 5.92 Å². The van der Waals surface area contributed by atoms with Gasteiger partial charge in [0, 0.05) is 44.1 Å². The molecule has 0 spiro atoms. The molecule has 140 valence electrons. The third kappa shape index (κ3) is 3.53. The van der Waals surface area contributed by atoms with E-state index in [2.05, 4.69) is 39.2 Å². The van der Waals surface area contributed by atoms with Crippen molar-refractivity contribution >= 4 is 5.91 Å². The second-order valence-electron chi connectivity index (χ2n) is 7.74. The molecule has 2 aromatic rings. The summed E-state index contributed by atoms with van der Waals surface area (Å²) in [5.74, 6) is 2.60. The number of carbonyl (C=O) groups is 1. The molecule has 2 aliphatic rings. The van der Waals surface area contributed by atoms with Crippen LogP contribution < -0.4 is 5.32 Å². The van der Waals surface area contributed by atoms with E-state index in [0.29, 0.717) is 17.5 Å². The number of nitrogens with one attached hydrogen (secondary N) is 2. The fourth-order valence-electron chi connectivity index (χ4n) is 3.69. The van der Waals surface area contributed by atoms with Gasteiger partial charge in [-0.3, -0.25) is 9.69 Å². The van der Waals surface area contributed by atoms with E-state index in [1.165, 1.54) is 5.69 Å². The fourth-order valence-corrected chi connectivity index (χ4v) is 3.69. The van der Waals surface area contributed by atoms with Gasteiger partial charge >= 0.3 is 0 Å². The van der Waals surface area contributed by atoms with Crippen molar-refractivity contribution in [3.8, 4) is 0 Å². The van der Waals surface area contributed by atoms with Gasteiger partial charge in [-0.15, -0.1) is 0 Å². The summed E-state index contributed by atoms with van der Waals surface area (Å²) in [7, 11) is 0. The zero-order valence-electron chi connectivity index (χ0n) is 15.7. The molecule has 2 atom stereocenters. The quantitative estimate of drug-likeness (QED) is 0.829. The summed E-state index contributed by atoms with van der Waals surface area (Å²) >= 11 is 0. The molecule has 1 saturated heterocycles. The Morgan fingerprint density at radius 3 is 2.92 bits per heavy atom. The number of aryl methyl sites for hydroxylation is 2. The van der Waals surface area contributed by atoms with E-state index < -0.39 is 0 Å². The van der Waals surface area contributed by atoms with Gasteiger partial charge in [0.25, 0.3) is 5.91 Å². The van der Waals surface area contributed by atoms with E-state index in [-0.39, 0.29) is 11.9 Å². The smallest absolute Gasteiger partial charge is 0.273 e. The van der Waals surface area contributed by atoms with Gasteiger partial charge in [0.05, 0.1) is 11.4 Å². The second kappa shape index (κ2) is 6.87. The van der Waals surface area contributed by atoms with Crippen LogP contribution in [0.5, 0.6) is 0 Å². The van der Waals surface area contributed by atoms with E-state index in [4.69, 9.17) is 4.52 Å². The lowest BCUT2D eigenvalue weighted by molar-refractivity contribution is 0.0922. The van der Waals surface area contributed by atoms with Gasteiger partial charge in [0.15, 0.2) is 5.69 Å². The number of imidazole rings is 1. The Labute approximate surface area is 153 Å². The van der Waals surface area contributed by atoms with Crippen LogP contribution in [0.2, 0.25) is 0 Å². The molecule has 2 fully saturated rings. The topological polar surface area (TPSA) is 87.1 Å². The molecule has 1 aliphatic carbocycles. The number of hydrogen-bond donors (Lipinski definition) is 2. The minimum atomic E-state index is -0.134. The summed E-state index contributed by atoms with van der Waals surface area (Å²) in [4.78, 5) is 22.8. The average molecular weight is 357 g/mol.